The minimum atomic E-state index is 0.504. The Morgan fingerprint density at radius 3 is 2.32 bits per heavy atom. The summed E-state index contributed by atoms with van der Waals surface area (Å²) in [6.45, 7) is 0.934. The lowest BCUT2D eigenvalue weighted by Gasteiger charge is -2.19. The Balaban J connectivity index is 1.67. The Morgan fingerprint density at radius 1 is 1.00 bits per heavy atom. The number of benzene rings is 2. The summed E-state index contributed by atoms with van der Waals surface area (Å²) in [6, 6.07) is 19.9. The van der Waals surface area contributed by atoms with Gasteiger partial charge < -0.3 is 5.32 Å². The molecule has 0 aliphatic heterocycles. The van der Waals surface area contributed by atoms with E-state index in [1.165, 1.54) is 24.0 Å². The monoisotopic (exact) mass is 315 g/mol. The van der Waals surface area contributed by atoms with Gasteiger partial charge in [-0.2, -0.15) is 0 Å². The van der Waals surface area contributed by atoms with Crippen LogP contribution >= 0.6 is 15.9 Å². The molecule has 1 fully saturated rings. The van der Waals surface area contributed by atoms with Gasteiger partial charge in [0.25, 0.3) is 0 Å². The summed E-state index contributed by atoms with van der Waals surface area (Å²) in [5.41, 5.74) is 2.76. The summed E-state index contributed by atoms with van der Waals surface area (Å²) in [4.78, 5) is 0. The van der Waals surface area contributed by atoms with Gasteiger partial charge in [0, 0.05) is 17.1 Å². The summed E-state index contributed by atoms with van der Waals surface area (Å²) >= 11 is 3.48. The van der Waals surface area contributed by atoms with Gasteiger partial charge >= 0.3 is 0 Å². The van der Waals surface area contributed by atoms with Crippen LogP contribution in [-0.2, 0) is 6.54 Å². The fourth-order valence-corrected chi connectivity index (χ4v) is 2.74. The maximum atomic E-state index is 3.72. The summed E-state index contributed by atoms with van der Waals surface area (Å²) < 4.78 is 1.14. The van der Waals surface area contributed by atoms with Gasteiger partial charge in [0.15, 0.2) is 0 Å². The molecule has 1 atom stereocenters. The van der Waals surface area contributed by atoms with Gasteiger partial charge in [-0.15, -0.1) is 0 Å². The van der Waals surface area contributed by atoms with Crippen LogP contribution in [0.25, 0.3) is 0 Å². The molecule has 0 spiro atoms. The van der Waals surface area contributed by atoms with Crippen LogP contribution in [0.4, 0.5) is 0 Å². The van der Waals surface area contributed by atoms with Gasteiger partial charge in [-0.25, -0.2) is 0 Å². The van der Waals surface area contributed by atoms with Crippen molar-refractivity contribution in [3.05, 3.63) is 70.2 Å². The molecule has 0 radical (unpaired) electrons. The molecule has 1 aliphatic rings. The first-order chi connectivity index (χ1) is 9.33. The molecule has 1 saturated carbocycles. The van der Waals surface area contributed by atoms with Crippen molar-refractivity contribution < 1.29 is 0 Å². The van der Waals surface area contributed by atoms with E-state index in [0.717, 1.165) is 16.9 Å². The van der Waals surface area contributed by atoms with E-state index in [4.69, 9.17) is 0 Å². The molecule has 2 aromatic carbocycles. The van der Waals surface area contributed by atoms with Gasteiger partial charge in [0.2, 0.25) is 0 Å². The van der Waals surface area contributed by atoms with Crippen LogP contribution < -0.4 is 5.32 Å². The Hall–Kier alpha value is -1.12. The molecular formula is C17H18BrN. The Kier molecular flexibility index (Phi) is 4.00. The maximum absolute atomic E-state index is 3.72. The second-order valence-corrected chi connectivity index (χ2v) is 6.15. The second-order valence-electron chi connectivity index (χ2n) is 5.23. The van der Waals surface area contributed by atoms with E-state index in [2.05, 4.69) is 75.8 Å². The first-order valence-electron chi connectivity index (χ1n) is 6.86. The van der Waals surface area contributed by atoms with E-state index in [1.54, 1.807) is 0 Å². The first-order valence-corrected chi connectivity index (χ1v) is 7.65. The highest BCUT2D eigenvalue weighted by molar-refractivity contribution is 9.10. The van der Waals surface area contributed by atoms with E-state index < -0.39 is 0 Å². The molecule has 2 heteroatoms. The summed E-state index contributed by atoms with van der Waals surface area (Å²) in [7, 11) is 0. The lowest BCUT2D eigenvalue weighted by atomic mass is 10.0. The van der Waals surface area contributed by atoms with Crippen LogP contribution in [0.3, 0.4) is 0 Å². The van der Waals surface area contributed by atoms with Crippen LogP contribution in [-0.4, -0.2) is 0 Å². The summed E-state index contributed by atoms with van der Waals surface area (Å²) in [6.07, 6.45) is 2.71. The molecule has 1 unspecified atom stereocenters. The van der Waals surface area contributed by atoms with Gasteiger partial charge in [-0.3, -0.25) is 0 Å². The third-order valence-corrected chi connectivity index (χ3v) is 4.22. The maximum Gasteiger partial charge on any atom is 0.0351 e. The molecule has 3 rings (SSSR count). The Bertz CT molecular complexity index is 517. The average molecular weight is 316 g/mol. The zero-order valence-electron chi connectivity index (χ0n) is 10.9. The SMILES string of the molecule is Brc1ccc(CNC(c2ccccc2)C2CC2)cc1. The second kappa shape index (κ2) is 5.89. The lowest BCUT2D eigenvalue weighted by Crippen LogP contribution is -2.22. The van der Waals surface area contributed by atoms with Crippen molar-refractivity contribution in [3.8, 4) is 0 Å². The molecule has 98 valence electrons. The molecule has 19 heavy (non-hydrogen) atoms. The van der Waals surface area contributed by atoms with Crippen molar-refractivity contribution in [2.24, 2.45) is 5.92 Å². The van der Waals surface area contributed by atoms with Crippen LogP contribution in [0, 0.1) is 5.92 Å². The number of rotatable bonds is 5. The van der Waals surface area contributed by atoms with E-state index in [-0.39, 0.29) is 0 Å². The normalized spacial score (nSPS) is 16.3. The highest BCUT2D eigenvalue weighted by Gasteiger charge is 2.31. The standard InChI is InChI=1S/C17H18BrN/c18-16-10-6-13(7-11-16)12-19-17(15-8-9-15)14-4-2-1-3-5-14/h1-7,10-11,15,17,19H,8-9,12H2. The smallest absolute Gasteiger partial charge is 0.0351 e. The van der Waals surface area contributed by atoms with E-state index in [9.17, 15) is 0 Å². The first kappa shape index (κ1) is 12.9. The third-order valence-electron chi connectivity index (χ3n) is 3.69. The topological polar surface area (TPSA) is 12.0 Å². The van der Waals surface area contributed by atoms with Crippen LogP contribution in [0.2, 0.25) is 0 Å². The Morgan fingerprint density at radius 2 is 1.68 bits per heavy atom. The van der Waals surface area contributed by atoms with Gasteiger partial charge in [-0.05, 0) is 42.0 Å². The number of hydrogen-bond acceptors (Lipinski definition) is 1. The zero-order valence-corrected chi connectivity index (χ0v) is 12.4. The number of hydrogen-bond donors (Lipinski definition) is 1. The fourth-order valence-electron chi connectivity index (χ4n) is 2.48. The zero-order chi connectivity index (χ0) is 13.1. The quantitative estimate of drug-likeness (QED) is 0.844. The average Bonchev–Trinajstić information content (AvgIpc) is 3.27. The molecule has 1 aliphatic carbocycles. The largest absolute Gasteiger partial charge is 0.306 e. The number of nitrogens with one attached hydrogen (secondary N) is 1. The molecule has 0 amide bonds. The minimum Gasteiger partial charge on any atom is -0.306 e. The highest BCUT2D eigenvalue weighted by atomic mass is 79.9. The third kappa shape index (κ3) is 3.46. The predicted molar refractivity (Wildman–Crippen MR) is 82.9 cm³/mol. The van der Waals surface area contributed by atoms with Crippen molar-refractivity contribution in [2.45, 2.75) is 25.4 Å². The van der Waals surface area contributed by atoms with Crippen molar-refractivity contribution in [1.82, 2.24) is 5.32 Å². The molecular weight excluding hydrogens is 298 g/mol. The van der Waals surface area contributed by atoms with Crippen LogP contribution in [0.15, 0.2) is 59.1 Å². The van der Waals surface area contributed by atoms with Crippen molar-refractivity contribution in [2.75, 3.05) is 0 Å². The minimum absolute atomic E-state index is 0.504. The predicted octanol–water partition coefficient (Wildman–Crippen LogP) is 4.69. The molecule has 0 saturated heterocycles. The Labute approximate surface area is 123 Å². The van der Waals surface area contributed by atoms with Crippen molar-refractivity contribution >= 4 is 15.9 Å². The molecule has 1 nitrogen and oxygen atoms in total. The van der Waals surface area contributed by atoms with Gasteiger partial charge in [-0.1, -0.05) is 58.4 Å². The molecule has 0 bridgehead atoms. The van der Waals surface area contributed by atoms with E-state index in [0.29, 0.717) is 6.04 Å². The van der Waals surface area contributed by atoms with Crippen LogP contribution in [0.1, 0.15) is 30.0 Å². The fraction of sp³-hybridized carbons (Fsp3) is 0.294. The van der Waals surface area contributed by atoms with E-state index in [1.807, 2.05) is 0 Å². The highest BCUT2D eigenvalue weighted by Crippen LogP contribution is 2.41. The lowest BCUT2D eigenvalue weighted by molar-refractivity contribution is 0.480. The van der Waals surface area contributed by atoms with Crippen molar-refractivity contribution in [3.63, 3.8) is 0 Å². The van der Waals surface area contributed by atoms with Gasteiger partial charge in [0.1, 0.15) is 0 Å². The molecule has 2 aromatic rings. The van der Waals surface area contributed by atoms with Crippen LogP contribution in [0.5, 0.6) is 0 Å². The van der Waals surface area contributed by atoms with E-state index >= 15 is 0 Å². The van der Waals surface area contributed by atoms with Gasteiger partial charge in [0.05, 0.1) is 0 Å². The molecule has 0 heterocycles. The molecule has 1 N–H and O–H groups in total. The summed E-state index contributed by atoms with van der Waals surface area (Å²) in [5.74, 6) is 0.817. The summed E-state index contributed by atoms with van der Waals surface area (Å²) in [5, 5.41) is 3.72. The van der Waals surface area contributed by atoms with Crippen molar-refractivity contribution in [1.29, 1.82) is 0 Å². The molecule has 0 aromatic heterocycles. The number of halogens is 1.